The van der Waals surface area contributed by atoms with E-state index in [0.717, 1.165) is 13.1 Å². The summed E-state index contributed by atoms with van der Waals surface area (Å²) >= 11 is 1.81. The second-order valence-electron chi connectivity index (χ2n) is 3.06. The molecule has 0 saturated carbocycles. The lowest BCUT2D eigenvalue weighted by atomic mass is 10.4. The standard InChI is InChI=1S/C8H13NS.C2HF3O2/c1-2-5-9-7-8-4-3-6-10-8;3-2(4,5)1(6)7/h3-4,6,9H,2,5,7H2,1H3;(H,6,7). The molecule has 1 aromatic heterocycles. The fourth-order valence-electron chi connectivity index (χ4n) is 0.802. The number of nitrogens with one attached hydrogen (secondary N) is 1. The largest absolute Gasteiger partial charge is 0.490 e. The van der Waals surface area contributed by atoms with Gasteiger partial charge in [0.1, 0.15) is 0 Å². The molecular weight excluding hydrogens is 255 g/mol. The van der Waals surface area contributed by atoms with Gasteiger partial charge < -0.3 is 10.4 Å². The summed E-state index contributed by atoms with van der Waals surface area (Å²) in [6.45, 7) is 4.34. The van der Waals surface area contributed by atoms with Crippen LogP contribution in [0.15, 0.2) is 17.5 Å². The van der Waals surface area contributed by atoms with E-state index in [2.05, 4.69) is 29.8 Å². The Hall–Kier alpha value is -1.08. The van der Waals surface area contributed by atoms with Crippen LogP contribution in [0.3, 0.4) is 0 Å². The van der Waals surface area contributed by atoms with Gasteiger partial charge in [-0.1, -0.05) is 13.0 Å². The van der Waals surface area contributed by atoms with Crippen LogP contribution in [0.25, 0.3) is 0 Å². The van der Waals surface area contributed by atoms with Gasteiger partial charge in [0.25, 0.3) is 0 Å². The molecule has 0 aromatic carbocycles. The Morgan fingerprint density at radius 1 is 1.53 bits per heavy atom. The molecule has 0 aliphatic heterocycles. The number of halogens is 3. The maximum atomic E-state index is 10.6. The van der Waals surface area contributed by atoms with E-state index in [-0.39, 0.29) is 0 Å². The highest BCUT2D eigenvalue weighted by atomic mass is 32.1. The molecule has 1 rings (SSSR count). The van der Waals surface area contributed by atoms with E-state index in [1.54, 1.807) is 0 Å². The van der Waals surface area contributed by atoms with Gasteiger partial charge in [-0.15, -0.1) is 11.3 Å². The molecule has 2 N–H and O–H groups in total. The zero-order chi connectivity index (χ0) is 13.3. The summed E-state index contributed by atoms with van der Waals surface area (Å²) in [5.74, 6) is -2.76. The monoisotopic (exact) mass is 269 g/mol. The summed E-state index contributed by atoms with van der Waals surface area (Å²) in [7, 11) is 0. The molecule has 17 heavy (non-hydrogen) atoms. The topological polar surface area (TPSA) is 49.3 Å². The van der Waals surface area contributed by atoms with Gasteiger partial charge in [0.05, 0.1) is 0 Å². The van der Waals surface area contributed by atoms with Gasteiger partial charge in [0.2, 0.25) is 0 Å². The summed E-state index contributed by atoms with van der Waals surface area (Å²) in [6.07, 6.45) is -3.87. The van der Waals surface area contributed by atoms with Crippen LogP contribution in [0.2, 0.25) is 0 Å². The SMILES string of the molecule is CCCNCc1cccs1.O=C(O)C(F)(F)F. The van der Waals surface area contributed by atoms with Gasteiger partial charge in [0.15, 0.2) is 0 Å². The maximum Gasteiger partial charge on any atom is 0.490 e. The van der Waals surface area contributed by atoms with Crippen LogP contribution in [0, 0.1) is 0 Å². The fourth-order valence-corrected chi connectivity index (χ4v) is 1.48. The maximum absolute atomic E-state index is 10.6. The predicted molar refractivity (Wildman–Crippen MR) is 60.0 cm³/mol. The van der Waals surface area contributed by atoms with E-state index in [1.165, 1.54) is 11.3 Å². The molecule has 0 bridgehead atoms. The summed E-state index contributed by atoms with van der Waals surface area (Å²) in [6, 6.07) is 4.25. The molecule has 0 atom stereocenters. The molecule has 0 amide bonds. The number of aliphatic carboxylic acids is 1. The lowest BCUT2D eigenvalue weighted by molar-refractivity contribution is -0.192. The van der Waals surface area contributed by atoms with E-state index in [4.69, 9.17) is 9.90 Å². The van der Waals surface area contributed by atoms with Crippen LogP contribution in [0.5, 0.6) is 0 Å². The summed E-state index contributed by atoms with van der Waals surface area (Å²) < 4.78 is 31.7. The number of hydrogen-bond acceptors (Lipinski definition) is 3. The zero-order valence-electron chi connectivity index (χ0n) is 9.25. The number of thiophene rings is 1. The molecule has 1 heterocycles. The number of hydrogen-bond donors (Lipinski definition) is 2. The van der Waals surface area contributed by atoms with Crippen LogP contribution in [0.4, 0.5) is 13.2 Å². The van der Waals surface area contributed by atoms with Gasteiger partial charge in [-0.05, 0) is 24.4 Å². The number of carboxylic acid groups (broad SMARTS) is 1. The van der Waals surface area contributed by atoms with Crippen molar-refractivity contribution in [1.29, 1.82) is 0 Å². The molecule has 0 spiro atoms. The molecule has 0 aliphatic carbocycles. The van der Waals surface area contributed by atoms with Gasteiger partial charge >= 0.3 is 12.1 Å². The van der Waals surface area contributed by atoms with Crippen LogP contribution >= 0.6 is 11.3 Å². The van der Waals surface area contributed by atoms with Crippen molar-refractivity contribution in [3.05, 3.63) is 22.4 Å². The lowest BCUT2D eigenvalue weighted by Gasteiger charge is -1.97. The first-order chi connectivity index (χ1) is 7.88. The minimum atomic E-state index is -5.08. The second kappa shape index (κ2) is 8.08. The van der Waals surface area contributed by atoms with E-state index >= 15 is 0 Å². The highest BCUT2D eigenvalue weighted by Gasteiger charge is 2.38. The van der Waals surface area contributed by atoms with E-state index in [0.29, 0.717) is 0 Å². The first-order valence-electron chi connectivity index (χ1n) is 4.91. The number of carboxylic acids is 1. The molecule has 7 heteroatoms. The van der Waals surface area contributed by atoms with Crippen LogP contribution in [0.1, 0.15) is 18.2 Å². The fraction of sp³-hybridized carbons (Fsp3) is 0.500. The molecular formula is C10H14F3NO2S. The summed E-state index contributed by atoms with van der Waals surface area (Å²) in [5, 5.41) is 12.6. The Bertz CT molecular complexity index is 312. The second-order valence-corrected chi connectivity index (χ2v) is 4.09. The van der Waals surface area contributed by atoms with Crippen molar-refractivity contribution in [1.82, 2.24) is 5.32 Å². The minimum absolute atomic E-state index is 1.03. The Morgan fingerprint density at radius 2 is 2.12 bits per heavy atom. The first-order valence-corrected chi connectivity index (χ1v) is 5.79. The van der Waals surface area contributed by atoms with Crippen molar-refractivity contribution in [3.63, 3.8) is 0 Å². The summed E-state index contributed by atoms with van der Waals surface area (Å²) in [5.41, 5.74) is 0. The average Bonchev–Trinajstić information content (AvgIpc) is 2.70. The van der Waals surface area contributed by atoms with E-state index in [9.17, 15) is 13.2 Å². The summed E-state index contributed by atoms with van der Waals surface area (Å²) in [4.78, 5) is 10.3. The van der Waals surface area contributed by atoms with E-state index < -0.39 is 12.1 Å². The van der Waals surface area contributed by atoms with Crippen molar-refractivity contribution in [2.75, 3.05) is 6.54 Å². The zero-order valence-corrected chi connectivity index (χ0v) is 10.1. The smallest absolute Gasteiger partial charge is 0.475 e. The van der Waals surface area contributed by atoms with Crippen molar-refractivity contribution in [3.8, 4) is 0 Å². The van der Waals surface area contributed by atoms with Crippen molar-refractivity contribution in [2.24, 2.45) is 0 Å². The minimum Gasteiger partial charge on any atom is -0.475 e. The molecule has 1 aromatic rings. The number of carbonyl (C=O) groups is 1. The van der Waals surface area contributed by atoms with Crippen molar-refractivity contribution in [2.45, 2.75) is 26.1 Å². The average molecular weight is 269 g/mol. The molecule has 0 radical (unpaired) electrons. The Labute approximate surface area is 101 Å². The third-order valence-corrected chi connectivity index (χ3v) is 2.42. The van der Waals surface area contributed by atoms with Crippen LogP contribution in [-0.2, 0) is 11.3 Å². The molecule has 0 aliphatic rings. The van der Waals surface area contributed by atoms with Gasteiger partial charge in [-0.25, -0.2) is 4.79 Å². The number of alkyl halides is 3. The van der Waals surface area contributed by atoms with Crippen LogP contribution in [-0.4, -0.2) is 23.8 Å². The van der Waals surface area contributed by atoms with Crippen LogP contribution < -0.4 is 5.32 Å². The lowest BCUT2D eigenvalue weighted by Crippen LogP contribution is -2.21. The highest BCUT2D eigenvalue weighted by molar-refractivity contribution is 7.09. The van der Waals surface area contributed by atoms with Gasteiger partial charge in [0, 0.05) is 11.4 Å². The molecule has 0 saturated heterocycles. The quantitative estimate of drug-likeness (QED) is 0.826. The Morgan fingerprint density at radius 3 is 2.47 bits per heavy atom. The Balaban J connectivity index is 0.000000325. The van der Waals surface area contributed by atoms with Gasteiger partial charge in [-0.2, -0.15) is 13.2 Å². The third kappa shape index (κ3) is 8.70. The molecule has 0 unspecified atom stereocenters. The predicted octanol–water partition coefficient (Wildman–Crippen LogP) is 2.88. The first kappa shape index (κ1) is 15.9. The van der Waals surface area contributed by atoms with E-state index in [1.807, 2.05) is 11.3 Å². The highest BCUT2D eigenvalue weighted by Crippen LogP contribution is 2.13. The normalized spacial score (nSPS) is 10.6. The van der Waals surface area contributed by atoms with Crippen molar-refractivity contribution >= 4 is 17.3 Å². The third-order valence-electron chi connectivity index (χ3n) is 1.55. The van der Waals surface area contributed by atoms with Crippen molar-refractivity contribution < 1.29 is 23.1 Å². The molecule has 98 valence electrons. The van der Waals surface area contributed by atoms with Gasteiger partial charge in [-0.3, -0.25) is 0 Å². The number of rotatable bonds is 4. The Kier molecular flexibility index (Phi) is 7.56. The molecule has 3 nitrogen and oxygen atoms in total. The molecule has 0 fully saturated rings.